The highest BCUT2D eigenvalue weighted by Crippen LogP contribution is 2.57. The molecule has 1 aromatic carbocycles. The minimum atomic E-state index is 0.361. The number of fused-ring (bicyclic) bond motifs is 3. The first-order valence-corrected chi connectivity index (χ1v) is 12.5. The zero-order chi connectivity index (χ0) is 20.5. The Bertz CT molecular complexity index is 690. The van der Waals surface area contributed by atoms with Crippen molar-refractivity contribution in [1.82, 2.24) is 10.6 Å². The molecule has 162 valence electrons. The van der Waals surface area contributed by atoms with Crippen molar-refractivity contribution in [3.63, 3.8) is 0 Å². The molecule has 2 nitrogen and oxygen atoms in total. The molecule has 29 heavy (non-hydrogen) atoms. The van der Waals surface area contributed by atoms with E-state index in [0.717, 1.165) is 25.0 Å². The Morgan fingerprint density at radius 3 is 2.55 bits per heavy atom. The summed E-state index contributed by atoms with van der Waals surface area (Å²) in [6.45, 7) is 13.2. The van der Waals surface area contributed by atoms with E-state index in [1.807, 2.05) is 0 Å². The van der Waals surface area contributed by atoms with Crippen molar-refractivity contribution in [3.05, 3.63) is 34.9 Å². The van der Waals surface area contributed by atoms with Crippen LogP contribution in [0.3, 0.4) is 0 Å². The van der Waals surface area contributed by atoms with Crippen LogP contribution in [0.15, 0.2) is 18.2 Å². The van der Waals surface area contributed by atoms with E-state index in [1.54, 1.807) is 11.1 Å². The topological polar surface area (TPSA) is 24.1 Å². The number of rotatable bonds is 7. The van der Waals surface area contributed by atoms with Crippen LogP contribution in [0, 0.1) is 11.3 Å². The second kappa shape index (κ2) is 8.71. The molecule has 0 radical (unpaired) electrons. The van der Waals surface area contributed by atoms with E-state index in [9.17, 15) is 0 Å². The first-order valence-electron chi connectivity index (χ1n) is 12.5. The third kappa shape index (κ3) is 4.30. The average Bonchev–Trinajstić information content (AvgIpc) is 3.20. The molecule has 2 N–H and O–H groups in total. The van der Waals surface area contributed by atoms with E-state index in [4.69, 9.17) is 0 Å². The molecular formula is C27H44N2. The largest absolute Gasteiger partial charge is 0.315 e. The zero-order valence-electron chi connectivity index (χ0n) is 19.4. The van der Waals surface area contributed by atoms with Gasteiger partial charge in [0.05, 0.1) is 0 Å². The van der Waals surface area contributed by atoms with Crippen LogP contribution in [0.4, 0.5) is 0 Å². The van der Waals surface area contributed by atoms with E-state index < -0.39 is 0 Å². The predicted octanol–water partition coefficient (Wildman–Crippen LogP) is 5.94. The lowest BCUT2D eigenvalue weighted by atomic mass is 9.49. The average molecular weight is 397 g/mol. The monoisotopic (exact) mass is 396 g/mol. The number of benzene rings is 1. The molecule has 2 saturated carbocycles. The molecule has 0 aromatic heterocycles. The molecule has 0 aliphatic heterocycles. The van der Waals surface area contributed by atoms with Gasteiger partial charge in [-0.2, -0.15) is 0 Å². The van der Waals surface area contributed by atoms with Crippen LogP contribution < -0.4 is 10.6 Å². The summed E-state index contributed by atoms with van der Waals surface area (Å²) in [5, 5.41) is 7.62. The molecule has 3 atom stereocenters. The van der Waals surface area contributed by atoms with Gasteiger partial charge in [-0.15, -0.1) is 0 Å². The van der Waals surface area contributed by atoms with Gasteiger partial charge in [0.2, 0.25) is 0 Å². The SMILES string of the molecule is CC(C)c1ccc2c(c1)CC[C@H]1[C@](C)(CNCCNC3CCCC3)CCC[C@]21C. The van der Waals surface area contributed by atoms with Gasteiger partial charge in [0.1, 0.15) is 0 Å². The first kappa shape index (κ1) is 21.4. The number of nitrogens with one attached hydrogen (secondary N) is 2. The van der Waals surface area contributed by atoms with Crippen LogP contribution in [0.25, 0.3) is 0 Å². The highest BCUT2D eigenvalue weighted by atomic mass is 15.0. The quantitative estimate of drug-likeness (QED) is 0.557. The van der Waals surface area contributed by atoms with E-state index in [0.29, 0.717) is 16.7 Å². The van der Waals surface area contributed by atoms with Gasteiger partial charge in [0.25, 0.3) is 0 Å². The smallest absolute Gasteiger partial charge is 0.00793 e. The molecule has 0 spiro atoms. The van der Waals surface area contributed by atoms with Crippen LogP contribution in [-0.2, 0) is 11.8 Å². The van der Waals surface area contributed by atoms with Crippen molar-refractivity contribution in [2.45, 2.75) is 103 Å². The fraction of sp³-hybridized carbons (Fsp3) is 0.778. The normalized spacial score (nSPS) is 32.4. The number of hydrogen-bond donors (Lipinski definition) is 2. The van der Waals surface area contributed by atoms with E-state index in [2.05, 4.69) is 56.5 Å². The van der Waals surface area contributed by atoms with Gasteiger partial charge in [0, 0.05) is 25.7 Å². The summed E-state index contributed by atoms with van der Waals surface area (Å²) in [5.74, 6) is 1.43. The van der Waals surface area contributed by atoms with Gasteiger partial charge in [0.15, 0.2) is 0 Å². The molecule has 4 rings (SSSR count). The molecule has 0 unspecified atom stereocenters. The number of hydrogen-bond acceptors (Lipinski definition) is 2. The molecule has 0 bridgehead atoms. The van der Waals surface area contributed by atoms with Crippen molar-refractivity contribution < 1.29 is 0 Å². The van der Waals surface area contributed by atoms with Gasteiger partial charge >= 0.3 is 0 Å². The molecular weight excluding hydrogens is 352 g/mol. The lowest BCUT2D eigenvalue weighted by Gasteiger charge is -2.55. The summed E-state index contributed by atoms with van der Waals surface area (Å²) < 4.78 is 0. The lowest BCUT2D eigenvalue weighted by molar-refractivity contribution is 0.0261. The fourth-order valence-corrected chi connectivity index (χ4v) is 7.08. The maximum atomic E-state index is 3.86. The van der Waals surface area contributed by atoms with Gasteiger partial charge < -0.3 is 10.6 Å². The summed E-state index contributed by atoms with van der Waals surface area (Å²) in [7, 11) is 0. The fourth-order valence-electron chi connectivity index (χ4n) is 7.08. The first-order chi connectivity index (χ1) is 13.9. The summed E-state index contributed by atoms with van der Waals surface area (Å²) in [5.41, 5.74) is 5.62. The maximum absolute atomic E-state index is 3.86. The third-order valence-electron chi connectivity index (χ3n) is 8.79. The van der Waals surface area contributed by atoms with Crippen LogP contribution in [0.5, 0.6) is 0 Å². The van der Waals surface area contributed by atoms with Crippen molar-refractivity contribution >= 4 is 0 Å². The van der Waals surface area contributed by atoms with Gasteiger partial charge in [-0.1, -0.05) is 65.2 Å². The molecule has 0 amide bonds. The molecule has 2 fully saturated rings. The van der Waals surface area contributed by atoms with E-state index in [-0.39, 0.29) is 0 Å². The zero-order valence-corrected chi connectivity index (χ0v) is 19.4. The Kier molecular flexibility index (Phi) is 6.42. The summed E-state index contributed by atoms with van der Waals surface area (Å²) in [4.78, 5) is 0. The second-order valence-corrected chi connectivity index (χ2v) is 11.2. The lowest BCUT2D eigenvalue weighted by Crippen LogP contribution is -2.53. The Labute approximate surface area is 179 Å². The van der Waals surface area contributed by atoms with Crippen LogP contribution in [0.2, 0.25) is 0 Å². The Morgan fingerprint density at radius 2 is 1.79 bits per heavy atom. The second-order valence-electron chi connectivity index (χ2n) is 11.2. The van der Waals surface area contributed by atoms with Crippen LogP contribution in [-0.4, -0.2) is 25.7 Å². The van der Waals surface area contributed by atoms with Crippen LogP contribution in [0.1, 0.15) is 102 Å². The van der Waals surface area contributed by atoms with Gasteiger partial charge in [-0.3, -0.25) is 0 Å². The van der Waals surface area contributed by atoms with Crippen molar-refractivity contribution in [2.75, 3.05) is 19.6 Å². The minimum absolute atomic E-state index is 0.361. The van der Waals surface area contributed by atoms with Crippen molar-refractivity contribution in [3.8, 4) is 0 Å². The highest BCUT2D eigenvalue weighted by Gasteiger charge is 2.51. The third-order valence-corrected chi connectivity index (χ3v) is 8.79. The van der Waals surface area contributed by atoms with Gasteiger partial charge in [-0.05, 0) is 77.9 Å². The Balaban J connectivity index is 1.41. The maximum Gasteiger partial charge on any atom is 0.00793 e. The van der Waals surface area contributed by atoms with E-state index in [1.165, 1.54) is 69.9 Å². The summed E-state index contributed by atoms with van der Waals surface area (Å²) in [6, 6.07) is 8.23. The molecule has 1 aromatic rings. The molecule has 3 aliphatic rings. The molecule has 2 heteroatoms. The Morgan fingerprint density at radius 1 is 1.00 bits per heavy atom. The molecule has 0 heterocycles. The van der Waals surface area contributed by atoms with E-state index >= 15 is 0 Å². The predicted molar refractivity (Wildman–Crippen MR) is 125 cm³/mol. The number of aryl methyl sites for hydroxylation is 1. The highest BCUT2D eigenvalue weighted by molar-refractivity contribution is 5.42. The summed E-state index contributed by atoms with van der Waals surface area (Å²) >= 11 is 0. The van der Waals surface area contributed by atoms with Crippen LogP contribution >= 0.6 is 0 Å². The van der Waals surface area contributed by atoms with Gasteiger partial charge in [-0.25, -0.2) is 0 Å². The van der Waals surface area contributed by atoms with Crippen molar-refractivity contribution in [1.29, 1.82) is 0 Å². The minimum Gasteiger partial charge on any atom is -0.315 e. The summed E-state index contributed by atoms with van der Waals surface area (Å²) in [6.07, 6.45) is 12.4. The van der Waals surface area contributed by atoms with Crippen molar-refractivity contribution in [2.24, 2.45) is 11.3 Å². The Hall–Kier alpha value is -0.860. The molecule has 3 aliphatic carbocycles. The standard InChI is InChI=1S/C27H44N2/c1-20(2)21-10-12-24-22(18-21)11-13-25-26(3,14-7-15-27(24,25)4)19-28-16-17-29-23-8-5-6-9-23/h10,12,18,20,23,25,28-29H,5-9,11,13-17,19H2,1-4H3/t25-,26-,27+/m0/s1. The molecule has 0 saturated heterocycles.